The summed E-state index contributed by atoms with van der Waals surface area (Å²) in [5, 5.41) is 14.7. The molecular formula is C32H29F2NO5. The number of fused-ring (bicyclic) bond motifs is 1. The van der Waals surface area contributed by atoms with Crippen LogP contribution in [-0.4, -0.2) is 30.2 Å². The minimum atomic E-state index is -0.975. The molecule has 40 heavy (non-hydrogen) atoms. The summed E-state index contributed by atoms with van der Waals surface area (Å²) in [6, 6.07) is 22.0. The predicted molar refractivity (Wildman–Crippen MR) is 146 cm³/mol. The summed E-state index contributed by atoms with van der Waals surface area (Å²) in [6.07, 6.45) is 1.15. The van der Waals surface area contributed by atoms with E-state index in [0.29, 0.717) is 42.7 Å². The number of aryl methyl sites for hydroxylation is 1. The number of carboxylic acid groups (broad SMARTS) is 1. The first-order chi connectivity index (χ1) is 19.3. The molecule has 1 amide bonds. The molecule has 1 saturated heterocycles. The van der Waals surface area contributed by atoms with E-state index in [4.69, 9.17) is 9.47 Å². The number of aliphatic carboxylic acids is 1. The molecule has 0 saturated carbocycles. The monoisotopic (exact) mass is 545 g/mol. The Balaban J connectivity index is 1.48. The summed E-state index contributed by atoms with van der Waals surface area (Å²) >= 11 is 0. The molecule has 0 atom stereocenters. The lowest BCUT2D eigenvalue weighted by atomic mass is 9.79. The number of amides is 1. The van der Waals surface area contributed by atoms with Crippen molar-refractivity contribution in [3.63, 3.8) is 0 Å². The zero-order valence-corrected chi connectivity index (χ0v) is 21.8. The second kappa shape index (κ2) is 11.8. The Labute approximate surface area is 230 Å². The van der Waals surface area contributed by atoms with Gasteiger partial charge in [-0.1, -0.05) is 54.6 Å². The summed E-state index contributed by atoms with van der Waals surface area (Å²) in [7, 11) is 0. The van der Waals surface area contributed by atoms with Crippen LogP contribution in [0.5, 0.6) is 5.75 Å². The minimum Gasteiger partial charge on any atom is -0.486 e. The van der Waals surface area contributed by atoms with Gasteiger partial charge < -0.3 is 19.9 Å². The fourth-order valence-corrected chi connectivity index (χ4v) is 5.24. The number of hydrogen-bond acceptors (Lipinski definition) is 4. The van der Waals surface area contributed by atoms with Crippen molar-refractivity contribution in [2.45, 2.75) is 37.8 Å². The predicted octanol–water partition coefficient (Wildman–Crippen LogP) is 6.15. The fourth-order valence-electron chi connectivity index (χ4n) is 5.24. The van der Waals surface area contributed by atoms with E-state index in [0.717, 1.165) is 34.5 Å². The third-order valence-electron chi connectivity index (χ3n) is 7.32. The SMILES string of the molecule is O=C(O)CCc1ccc(COc2cc(F)ccc2F)cc1C(=O)NC1(c2cccc3ccccc23)CCOCC1. The average molecular weight is 546 g/mol. The molecule has 4 aromatic carbocycles. The van der Waals surface area contributed by atoms with Crippen LogP contribution >= 0.6 is 0 Å². The second-order valence-corrected chi connectivity index (χ2v) is 9.92. The molecule has 8 heteroatoms. The fraction of sp³-hybridized carbons (Fsp3) is 0.250. The first-order valence-electron chi connectivity index (χ1n) is 13.1. The first-order valence-corrected chi connectivity index (χ1v) is 13.1. The molecule has 0 bridgehead atoms. The number of carbonyl (C=O) groups is 2. The topological polar surface area (TPSA) is 84.9 Å². The van der Waals surface area contributed by atoms with Gasteiger partial charge in [0.2, 0.25) is 0 Å². The van der Waals surface area contributed by atoms with Crippen molar-refractivity contribution in [1.82, 2.24) is 5.32 Å². The van der Waals surface area contributed by atoms with Crippen molar-refractivity contribution in [1.29, 1.82) is 0 Å². The lowest BCUT2D eigenvalue weighted by Crippen LogP contribution is -2.49. The van der Waals surface area contributed by atoms with Gasteiger partial charge in [-0.2, -0.15) is 0 Å². The smallest absolute Gasteiger partial charge is 0.303 e. The van der Waals surface area contributed by atoms with Gasteiger partial charge in [0, 0.05) is 31.3 Å². The van der Waals surface area contributed by atoms with Crippen molar-refractivity contribution in [2.75, 3.05) is 13.2 Å². The highest BCUT2D eigenvalue weighted by Gasteiger charge is 2.37. The van der Waals surface area contributed by atoms with Crippen molar-refractivity contribution in [3.8, 4) is 5.75 Å². The molecule has 0 spiro atoms. The lowest BCUT2D eigenvalue weighted by Gasteiger charge is -2.39. The summed E-state index contributed by atoms with van der Waals surface area (Å²) in [4.78, 5) is 25.3. The second-order valence-electron chi connectivity index (χ2n) is 9.92. The Morgan fingerprint density at radius 2 is 1.73 bits per heavy atom. The van der Waals surface area contributed by atoms with E-state index in [-0.39, 0.29) is 31.1 Å². The maximum absolute atomic E-state index is 14.1. The summed E-state index contributed by atoms with van der Waals surface area (Å²) < 4.78 is 38.8. The number of rotatable bonds is 9. The van der Waals surface area contributed by atoms with Gasteiger partial charge in [0.05, 0.1) is 5.54 Å². The summed E-state index contributed by atoms with van der Waals surface area (Å²) in [6.45, 7) is 0.840. The van der Waals surface area contributed by atoms with Crippen LogP contribution in [0, 0.1) is 11.6 Å². The first kappa shape index (κ1) is 27.3. The number of nitrogens with one attached hydrogen (secondary N) is 1. The van der Waals surface area contributed by atoms with E-state index in [2.05, 4.69) is 5.32 Å². The van der Waals surface area contributed by atoms with E-state index in [1.54, 1.807) is 18.2 Å². The largest absolute Gasteiger partial charge is 0.486 e. The van der Waals surface area contributed by atoms with Gasteiger partial charge in [-0.25, -0.2) is 8.78 Å². The standard InChI is InChI=1S/C32H29F2NO5/c33-24-11-12-28(34)29(19-24)40-20-21-8-9-23(10-13-30(36)37)26(18-21)31(38)35-32(14-16-39-17-15-32)27-7-3-5-22-4-1-2-6-25(22)27/h1-9,11-12,18-19H,10,13-17,20H2,(H,35,38)(H,36,37). The highest BCUT2D eigenvalue weighted by atomic mass is 19.1. The van der Waals surface area contributed by atoms with Crippen LogP contribution in [0.15, 0.2) is 78.9 Å². The van der Waals surface area contributed by atoms with Crippen LogP contribution < -0.4 is 10.1 Å². The maximum atomic E-state index is 14.1. The molecule has 1 aliphatic heterocycles. The number of halogens is 2. The van der Waals surface area contributed by atoms with Crippen LogP contribution in [-0.2, 0) is 28.1 Å². The van der Waals surface area contributed by atoms with Crippen LogP contribution in [0.1, 0.15) is 46.3 Å². The Kier molecular flexibility index (Phi) is 8.07. The molecular weight excluding hydrogens is 516 g/mol. The van der Waals surface area contributed by atoms with Gasteiger partial charge in [0.1, 0.15) is 12.4 Å². The van der Waals surface area contributed by atoms with Crippen LogP contribution in [0.4, 0.5) is 8.78 Å². The van der Waals surface area contributed by atoms with Gasteiger partial charge in [-0.05, 0) is 64.9 Å². The van der Waals surface area contributed by atoms with E-state index in [1.165, 1.54) is 0 Å². The Morgan fingerprint density at radius 3 is 2.52 bits per heavy atom. The summed E-state index contributed by atoms with van der Waals surface area (Å²) in [5.41, 5.74) is 1.74. The van der Waals surface area contributed by atoms with Crippen LogP contribution in [0.25, 0.3) is 10.8 Å². The average Bonchev–Trinajstić information content (AvgIpc) is 2.96. The highest BCUT2D eigenvalue weighted by Crippen LogP contribution is 2.37. The van der Waals surface area contributed by atoms with Crippen molar-refractivity contribution in [3.05, 3.63) is 113 Å². The summed E-state index contributed by atoms with van der Waals surface area (Å²) in [5.74, 6) is -2.89. The maximum Gasteiger partial charge on any atom is 0.303 e. The molecule has 4 aromatic rings. The molecule has 1 aliphatic rings. The molecule has 206 valence electrons. The Morgan fingerprint density at radius 1 is 0.950 bits per heavy atom. The van der Waals surface area contributed by atoms with E-state index < -0.39 is 23.1 Å². The van der Waals surface area contributed by atoms with Gasteiger partial charge in [0.15, 0.2) is 11.6 Å². The van der Waals surface area contributed by atoms with Crippen molar-refractivity contribution in [2.24, 2.45) is 0 Å². The molecule has 0 unspecified atom stereocenters. The van der Waals surface area contributed by atoms with E-state index in [9.17, 15) is 23.5 Å². The third-order valence-corrected chi connectivity index (χ3v) is 7.32. The van der Waals surface area contributed by atoms with Crippen molar-refractivity contribution < 1.29 is 33.0 Å². The minimum absolute atomic E-state index is 0.109. The Hall–Kier alpha value is -4.30. The van der Waals surface area contributed by atoms with Crippen molar-refractivity contribution >= 4 is 22.6 Å². The van der Waals surface area contributed by atoms with E-state index >= 15 is 0 Å². The number of hydrogen-bond donors (Lipinski definition) is 2. The molecule has 0 aliphatic carbocycles. The zero-order valence-electron chi connectivity index (χ0n) is 21.8. The van der Waals surface area contributed by atoms with Gasteiger partial charge in [0.25, 0.3) is 5.91 Å². The van der Waals surface area contributed by atoms with Crippen LogP contribution in [0.3, 0.4) is 0 Å². The molecule has 6 nitrogen and oxygen atoms in total. The highest BCUT2D eigenvalue weighted by molar-refractivity contribution is 5.97. The quantitative estimate of drug-likeness (QED) is 0.264. The molecule has 1 fully saturated rings. The molecule has 5 rings (SSSR count). The van der Waals surface area contributed by atoms with Crippen LogP contribution in [0.2, 0.25) is 0 Å². The van der Waals surface area contributed by atoms with Gasteiger partial charge in [-0.15, -0.1) is 0 Å². The number of ether oxygens (including phenoxy) is 2. The normalized spacial score (nSPS) is 14.6. The van der Waals surface area contributed by atoms with Gasteiger partial charge >= 0.3 is 5.97 Å². The third kappa shape index (κ3) is 5.97. The molecule has 0 radical (unpaired) electrons. The number of carbonyl (C=O) groups excluding carboxylic acids is 1. The number of carboxylic acids is 1. The zero-order chi connectivity index (χ0) is 28.1. The molecule has 1 heterocycles. The van der Waals surface area contributed by atoms with Gasteiger partial charge in [-0.3, -0.25) is 9.59 Å². The Bertz CT molecular complexity index is 1540. The van der Waals surface area contributed by atoms with E-state index in [1.807, 2.05) is 42.5 Å². The molecule has 2 N–H and O–H groups in total. The number of benzene rings is 4. The molecule has 0 aromatic heterocycles. The lowest BCUT2D eigenvalue weighted by molar-refractivity contribution is -0.136.